The first-order valence-corrected chi connectivity index (χ1v) is 7.99. The molecular weight excluding hydrogens is 360 g/mol. The first-order chi connectivity index (χ1) is 12.5. The second-order valence-corrected chi connectivity index (χ2v) is 5.57. The van der Waals surface area contributed by atoms with E-state index in [0.717, 1.165) is 0 Å². The molecule has 0 saturated heterocycles. The summed E-state index contributed by atoms with van der Waals surface area (Å²) in [6.07, 6.45) is 0. The zero-order valence-corrected chi connectivity index (χ0v) is 14.7. The summed E-state index contributed by atoms with van der Waals surface area (Å²) in [4.78, 5) is 35.3. The van der Waals surface area contributed by atoms with Crippen LogP contribution in [0.5, 0.6) is 5.75 Å². The van der Waals surface area contributed by atoms with Crippen LogP contribution in [0.4, 0.5) is 5.69 Å². The molecule has 26 heavy (non-hydrogen) atoms. The van der Waals surface area contributed by atoms with E-state index < -0.39 is 24.4 Å². The van der Waals surface area contributed by atoms with Crippen molar-refractivity contribution in [2.24, 2.45) is 0 Å². The summed E-state index contributed by atoms with van der Waals surface area (Å²) in [6.45, 7) is -0.819. The van der Waals surface area contributed by atoms with E-state index in [9.17, 15) is 14.4 Å². The van der Waals surface area contributed by atoms with Crippen molar-refractivity contribution in [1.82, 2.24) is 5.32 Å². The molecule has 2 aromatic carbocycles. The Kier molecular flexibility index (Phi) is 6.99. The van der Waals surface area contributed by atoms with Crippen LogP contribution in [0, 0.1) is 0 Å². The summed E-state index contributed by atoms with van der Waals surface area (Å²) in [5, 5.41) is 5.48. The first kappa shape index (κ1) is 19.3. The van der Waals surface area contributed by atoms with Gasteiger partial charge in [-0.05, 0) is 36.4 Å². The molecule has 2 aromatic rings. The molecule has 0 aliphatic carbocycles. The summed E-state index contributed by atoms with van der Waals surface area (Å²) >= 11 is 5.74. The molecule has 0 atom stereocenters. The number of hydrogen-bond donors (Lipinski definition) is 2. The number of carbonyl (C=O) groups is 3. The highest BCUT2D eigenvalue weighted by atomic mass is 35.5. The number of benzene rings is 2. The standard InChI is InChI=1S/C18H17ClN2O5/c1-25-15-4-2-3-14(9-15)21-16(22)11-26-17(23)10-20-18(24)12-5-7-13(19)8-6-12/h2-9H,10-11H2,1H3,(H,20,24)(H,21,22). The molecule has 0 spiro atoms. The van der Waals surface area contributed by atoms with Gasteiger partial charge >= 0.3 is 5.97 Å². The summed E-state index contributed by atoms with van der Waals surface area (Å²) in [5.41, 5.74) is 0.874. The quantitative estimate of drug-likeness (QED) is 0.723. The minimum absolute atomic E-state index is 0.353. The van der Waals surface area contributed by atoms with E-state index in [-0.39, 0.29) is 6.54 Å². The third kappa shape index (κ3) is 6.10. The van der Waals surface area contributed by atoms with Gasteiger partial charge in [0.25, 0.3) is 11.8 Å². The number of anilines is 1. The van der Waals surface area contributed by atoms with E-state index >= 15 is 0 Å². The third-order valence-corrected chi connectivity index (χ3v) is 3.47. The maximum atomic E-state index is 11.8. The van der Waals surface area contributed by atoms with Crippen LogP contribution in [0.2, 0.25) is 5.02 Å². The lowest BCUT2D eigenvalue weighted by molar-refractivity contribution is -0.146. The molecule has 8 heteroatoms. The first-order valence-electron chi connectivity index (χ1n) is 7.61. The van der Waals surface area contributed by atoms with Crippen LogP contribution in [0.1, 0.15) is 10.4 Å². The van der Waals surface area contributed by atoms with Crippen molar-refractivity contribution in [3.05, 3.63) is 59.1 Å². The molecule has 0 radical (unpaired) electrons. The molecule has 0 saturated carbocycles. The SMILES string of the molecule is COc1cccc(NC(=O)COC(=O)CNC(=O)c2ccc(Cl)cc2)c1. The molecule has 0 fully saturated rings. The Hall–Kier alpha value is -3.06. The molecule has 7 nitrogen and oxygen atoms in total. The van der Waals surface area contributed by atoms with E-state index in [1.165, 1.54) is 19.2 Å². The van der Waals surface area contributed by atoms with Crippen LogP contribution in [0.25, 0.3) is 0 Å². The molecule has 0 aliphatic heterocycles. The van der Waals surface area contributed by atoms with Crippen molar-refractivity contribution in [2.75, 3.05) is 25.6 Å². The lowest BCUT2D eigenvalue weighted by Gasteiger charge is -2.08. The molecule has 136 valence electrons. The zero-order valence-electron chi connectivity index (χ0n) is 14.0. The number of methoxy groups -OCH3 is 1. The van der Waals surface area contributed by atoms with Crippen LogP contribution in [0.15, 0.2) is 48.5 Å². The minimum atomic E-state index is -0.729. The second kappa shape index (κ2) is 9.43. The minimum Gasteiger partial charge on any atom is -0.497 e. The van der Waals surface area contributed by atoms with Crippen molar-refractivity contribution < 1.29 is 23.9 Å². The van der Waals surface area contributed by atoms with E-state index in [0.29, 0.717) is 22.0 Å². The lowest BCUT2D eigenvalue weighted by atomic mass is 10.2. The Morgan fingerprint density at radius 3 is 2.50 bits per heavy atom. The van der Waals surface area contributed by atoms with Gasteiger partial charge in [-0.25, -0.2) is 0 Å². The predicted octanol–water partition coefficient (Wildman–Crippen LogP) is 2.26. The van der Waals surface area contributed by atoms with E-state index in [1.54, 1.807) is 36.4 Å². The van der Waals surface area contributed by atoms with Gasteiger partial charge in [0.1, 0.15) is 12.3 Å². The van der Waals surface area contributed by atoms with Gasteiger partial charge < -0.3 is 20.1 Å². The maximum absolute atomic E-state index is 11.8. The second-order valence-electron chi connectivity index (χ2n) is 5.13. The zero-order chi connectivity index (χ0) is 18.9. The molecule has 0 bridgehead atoms. The van der Waals surface area contributed by atoms with Crippen LogP contribution in [0.3, 0.4) is 0 Å². The Morgan fingerprint density at radius 1 is 1.08 bits per heavy atom. The van der Waals surface area contributed by atoms with Crippen LogP contribution in [-0.2, 0) is 14.3 Å². The fourth-order valence-electron chi connectivity index (χ4n) is 1.95. The number of esters is 1. The summed E-state index contributed by atoms with van der Waals surface area (Å²) in [7, 11) is 1.51. The van der Waals surface area contributed by atoms with Gasteiger partial charge in [0, 0.05) is 22.3 Å². The van der Waals surface area contributed by atoms with Gasteiger partial charge in [-0.3, -0.25) is 14.4 Å². The fraction of sp³-hybridized carbons (Fsp3) is 0.167. The average molecular weight is 377 g/mol. The molecule has 0 aromatic heterocycles. The third-order valence-electron chi connectivity index (χ3n) is 3.22. The molecule has 0 aliphatic rings. The smallest absolute Gasteiger partial charge is 0.325 e. The van der Waals surface area contributed by atoms with Gasteiger partial charge in [0.05, 0.1) is 7.11 Å². The van der Waals surface area contributed by atoms with Gasteiger partial charge in [0.15, 0.2) is 6.61 Å². The Morgan fingerprint density at radius 2 is 1.81 bits per heavy atom. The van der Waals surface area contributed by atoms with Gasteiger partial charge in [-0.1, -0.05) is 17.7 Å². The van der Waals surface area contributed by atoms with Crippen molar-refractivity contribution in [2.45, 2.75) is 0 Å². The van der Waals surface area contributed by atoms with Crippen molar-refractivity contribution in [3.8, 4) is 5.75 Å². The highest BCUT2D eigenvalue weighted by Gasteiger charge is 2.11. The molecular formula is C18H17ClN2O5. The number of halogens is 1. The summed E-state index contributed by atoms with van der Waals surface area (Å²) in [5.74, 6) is -1.09. The van der Waals surface area contributed by atoms with Crippen molar-refractivity contribution >= 4 is 35.1 Å². The van der Waals surface area contributed by atoms with E-state index in [1.807, 2.05) is 0 Å². The van der Waals surface area contributed by atoms with Gasteiger partial charge in [-0.15, -0.1) is 0 Å². The predicted molar refractivity (Wildman–Crippen MR) is 96.4 cm³/mol. The number of nitrogens with one attached hydrogen (secondary N) is 2. The highest BCUT2D eigenvalue weighted by molar-refractivity contribution is 6.30. The van der Waals surface area contributed by atoms with Gasteiger partial charge in [-0.2, -0.15) is 0 Å². The number of amides is 2. The number of hydrogen-bond acceptors (Lipinski definition) is 5. The summed E-state index contributed by atoms with van der Waals surface area (Å²) in [6, 6.07) is 13.0. The Balaban J connectivity index is 1.73. The van der Waals surface area contributed by atoms with Crippen molar-refractivity contribution in [1.29, 1.82) is 0 Å². The van der Waals surface area contributed by atoms with E-state index in [2.05, 4.69) is 10.6 Å². The molecule has 2 rings (SSSR count). The molecule has 2 N–H and O–H groups in total. The lowest BCUT2D eigenvalue weighted by Crippen LogP contribution is -2.32. The van der Waals surface area contributed by atoms with Crippen LogP contribution < -0.4 is 15.4 Å². The summed E-state index contributed by atoms with van der Waals surface area (Å²) < 4.78 is 9.87. The molecule has 0 unspecified atom stereocenters. The molecule has 2 amide bonds. The Bertz CT molecular complexity index is 792. The highest BCUT2D eigenvalue weighted by Crippen LogP contribution is 2.16. The Labute approximate surface area is 155 Å². The maximum Gasteiger partial charge on any atom is 0.325 e. The number of rotatable bonds is 7. The van der Waals surface area contributed by atoms with Gasteiger partial charge in [0.2, 0.25) is 0 Å². The van der Waals surface area contributed by atoms with E-state index in [4.69, 9.17) is 21.1 Å². The average Bonchev–Trinajstić information content (AvgIpc) is 2.65. The number of carbonyl (C=O) groups excluding carboxylic acids is 3. The fourth-order valence-corrected chi connectivity index (χ4v) is 2.08. The van der Waals surface area contributed by atoms with Crippen LogP contribution >= 0.6 is 11.6 Å². The monoisotopic (exact) mass is 376 g/mol. The van der Waals surface area contributed by atoms with Crippen LogP contribution in [-0.4, -0.2) is 38.0 Å². The topological polar surface area (TPSA) is 93.7 Å². The largest absolute Gasteiger partial charge is 0.497 e. The normalized spacial score (nSPS) is 9.92. The van der Waals surface area contributed by atoms with Crippen molar-refractivity contribution in [3.63, 3.8) is 0 Å². The molecule has 0 heterocycles. The number of ether oxygens (including phenoxy) is 2.